The number of carbonyl (C=O) groups is 1. The van der Waals surface area contributed by atoms with Crippen molar-refractivity contribution in [3.05, 3.63) is 23.3 Å². The summed E-state index contributed by atoms with van der Waals surface area (Å²) in [4.78, 5) is 10.5. The van der Waals surface area contributed by atoms with E-state index in [0.29, 0.717) is 23.9 Å². The highest BCUT2D eigenvalue weighted by atomic mass is 16.5. The van der Waals surface area contributed by atoms with Crippen molar-refractivity contribution in [3.8, 4) is 11.5 Å². The van der Waals surface area contributed by atoms with E-state index >= 15 is 0 Å². The second-order valence-corrected chi connectivity index (χ2v) is 9.30. The van der Waals surface area contributed by atoms with E-state index in [1.807, 2.05) is 6.07 Å². The summed E-state index contributed by atoms with van der Waals surface area (Å²) in [5.41, 5.74) is 1.74. The quantitative estimate of drug-likeness (QED) is 0.364. The van der Waals surface area contributed by atoms with E-state index in [4.69, 9.17) is 4.74 Å². The van der Waals surface area contributed by atoms with Crippen molar-refractivity contribution in [1.82, 2.24) is 0 Å². The molecule has 0 radical (unpaired) electrons. The maximum Gasteiger partial charge on any atom is 0.293 e. The summed E-state index contributed by atoms with van der Waals surface area (Å²) >= 11 is 0. The van der Waals surface area contributed by atoms with Crippen LogP contribution in [0.2, 0.25) is 0 Å². The topological polar surface area (TPSA) is 66.8 Å². The molecule has 0 spiro atoms. The fourth-order valence-electron chi connectivity index (χ4n) is 3.69. The molecule has 1 aliphatic rings. The van der Waals surface area contributed by atoms with Gasteiger partial charge in [-0.3, -0.25) is 4.79 Å². The number of aryl methyl sites for hydroxylation is 1. The zero-order valence-corrected chi connectivity index (χ0v) is 17.2. The van der Waals surface area contributed by atoms with Gasteiger partial charge in [-0.25, -0.2) is 0 Å². The van der Waals surface area contributed by atoms with E-state index in [-0.39, 0.29) is 17.1 Å². The molecule has 0 aromatic heterocycles. The molecule has 1 aliphatic carbocycles. The number of aromatic hydroxyl groups is 2. The number of hydrogen-bond donors (Lipinski definition) is 2. The average Bonchev–Trinajstić information content (AvgIpc) is 3.34. The molecular weight excluding hydrogens is 340 g/mol. The van der Waals surface area contributed by atoms with Gasteiger partial charge in [-0.1, -0.05) is 39.7 Å². The summed E-state index contributed by atoms with van der Waals surface area (Å²) in [7, 11) is 0. The summed E-state index contributed by atoms with van der Waals surface area (Å²) in [6.07, 6.45) is 10.7. The Bertz CT molecular complexity index is 612. The van der Waals surface area contributed by atoms with E-state index < -0.39 is 0 Å². The van der Waals surface area contributed by atoms with Gasteiger partial charge in [0, 0.05) is 5.56 Å². The number of hydrogen-bond acceptors (Lipinski definition) is 4. The third kappa shape index (κ3) is 7.08. The number of rotatable bonds is 12. The first kappa shape index (κ1) is 21.6. The van der Waals surface area contributed by atoms with Gasteiger partial charge in [0.1, 0.15) is 17.1 Å². The highest BCUT2D eigenvalue weighted by Crippen LogP contribution is 2.43. The molecule has 0 unspecified atom stereocenters. The Hall–Kier alpha value is -1.71. The number of phenolic OH excluding ortho intramolecular Hbond substituents is 2. The minimum absolute atomic E-state index is 0.175. The van der Waals surface area contributed by atoms with Crippen molar-refractivity contribution in [2.45, 2.75) is 97.0 Å². The predicted molar refractivity (Wildman–Crippen MR) is 108 cm³/mol. The van der Waals surface area contributed by atoms with Crippen molar-refractivity contribution in [1.29, 1.82) is 0 Å². The van der Waals surface area contributed by atoms with E-state index in [1.54, 1.807) is 6.07 Å². The van der Waals surface area contributed by atoms with Crippen molar-refractivity contribution in [2.75, 3.05) is 0 Å². The average molecular weight is 377 g/mol. The molecule has 1 aromatic carbocycles. The van der Waals surface area contributed by atoms with Crippen molar-refractivity contribution in [2.24, 2.45) is 5.41 Å². The van der Waals surface area contributed by atoms with Crippen LogP contribution in [0.15, 0.2) is 12.1 Å². The second kappa shape index (κ2) is 9.48. The van der Waals surface area contributed by atoms with Crippen LogP contribution in [0.3, 0.4) is 0 Å². The van der Waals surface area contributed by atoms with E-state index in [1.165, 1.54) is 12.8 Å². The Kier molecular flexibility index (Phi) is 7.58. The van der Waals surface area contributed by atoms with Crippen LogP contribution in [0.1, 0.15) is 89.7 Å². The fourth-order valence-corrected chi connectivity index (χ4v) is 3.69. The summed E-state index contributed by atoms with van der Waals surface area (Å²) in [6, 6.07) is 3.55. The maximum atomic E-state index is 10.6. The minimum atomic E-state index is -0.221. The second-order valence-electron chi connectivity index (χ2n) is 9.30. The van der Waals surface area contributed by atoms with E-state index in [9.17, 15) is 15.0 Å². The lowest BCUT2D eigenvalue weighted by Crippen LogP contribution is -2.12. The molecule has 152 valence electrons. The van der Waals surface area contributed by atoms with Gasteiger partial charge in [0.15, 0.2) is 0 Å². The SMILES string of the molecule is CC(C)(C)CCCCCc1ccc(O)c(CCCCC2(OC=O)CC2)c1O. The summed E-state index contributed by atoms with van der Waals surface area (Å²) < 4.78 is 5.16. The molecular formula is C23H36O4. The number of benzene rings is 1. The zero-order valence-electron chi connectivity index (χ0n) is 17.2. The lowest BCUT2D eigenvalue weighted by atomic mass is 9.89. The van der Waals surface area contributed by atoms with Gasteiger partial charge in [0.05, 0.1) is 0 Å². The molecule has 0 aliphatic heterocycles. The van der Waals surface area contributed by atoms with Crippen LogP contribution in [0.25, 0.3) is 0 Å². The highest BCUT2D eigenvalue weighted by Gasteiger charge is 2.44. The Morgan fingerprint density at radius 1 is 1.04 bits per heavy atom. The maximum absolute atomic E-state index is 10.6. The van der Waals surface area contributed by atoms with Gasteiger partial charge in [-0.2, -0.15) is 0 Å². The zero-order chi connectivity index (χ0) is 19.9. The smallest absolute Gasteiger partial charge is 0.293 e. The highest BCUT2D eigenvalue weighted by molar-refractivity contribution is 5.48. The van der Waals surface area contributed by atoms with Gasteiger partial charge in [0.2, 0.25) is 0 Å². The lowest BCUT2D eigenvalue weighted by molar-refractivity contribution is -0.135. The van der Waals surface area contributed by atoms with Gasteiger partial charge in [-0.05, 0) is 74.8 Å². The standard InChI is InChI=1S/C23H36O4/c1-22(2,3)13-7-4-5-9-18-11-12-20(25)19(21(18)26)10-6-8-14-23(15-16-23)27-17-24/h11-12,17,25-26H,4-10,13-16H2,1-3H3. The van der Waals surface area contributed by atoms with E-state index in [2.05, 4.69) is 20.8 Å². The lowest BCUT2D eigenvalue weighted by Gasteiger charge is -2.17. The van der Waals surface area contributed by atoms with Crippen LogP contribution in [0, 0.1) is 5.41 Å². The van der Waals surface area contributed by atoms with Crippen LogP contribution < -0.4 is 0 Å². The van der Waals surface area contributed by atoms with Crippen LogP contribution >= 0.6 is 0 Å². The number of phenols is 2. The summed E-state index contributed by atoms with van der Waals surface area (Å²) in [6.45, 7) is 7.35. The molecule has 1 fully saturated rings. The monoisotopic (exact) mass is 376 g/mol. The van der Waals surface area contributed by atoms with Gasteiger partial charge >= 0.3 is 0 Å². The number of carbonyl (C=O) groups excluding carboxylic acids is 1. The number of unbranched alkanes of at least 4 members (excludes halogenated alkanes) is 3. The molecule has 0 saturated heterocycles. The van der Waals surface area contributed by atoms with Gasteiger partial charge < -0.3 is 14.9 Å². The molecule has 4 nitrogen and oxygen atoms in total. The first-order valence-electron chi connectivity index (χ1n) is 10.4. The summed E-state index contributed by atoms with van der Waals surface area (Å²) in [5, 5.41) is 20.7. The van der Waals surface area contributed by atoms with Crippen molar-refractivity contribution >= 4 is 6.47 Å². The van der Waals surface area contributed by atoms with Gasteiger partial charge in [0.25, 0.3) is 6.47 Å². The fraction of sp³-hybridized carbons (Fsp3) is 0.696. The Labute approximate surface area is 163 Å². The van der Waals surface area contributed by atoms with Crippen LogP contribution in [-0.2, 0) is 22.4 Å². The molecule has 0 heterocycles. The predicted octanol–water partition coefficient (Wildman–Crippen LogP) is 5.67. The van der Waals surface area contributed by atoms with Crippen LogP contribution in [0.5, 0.6) is 11.5 Å². The molecule has 2 rings (SSSR count). The number of ether oxygens (including phenoxy) is 1. The van der Waals surface area contributed by atoms with Crippen LogP contribution in [0.4, 0.5) is 0 Å². The van der Waals surface area contributed by atoms with Crippen molar-refractivity contribution in [3.63, 3.8) is 0 Å². The largest absolute Gasteiger partial charge is 0.508 e. The Morgan fingerprint density at radius 3 is 2.37 bits per heavy atom. The first-order chi connectivity index (χ1) is 12.8. The molecule has 1 saturated carbocycles. The Balaban J connectivity index is 1.79. The molecule has 0 bridgehead atoms. The van der Waals surface area contributed by atoms with Crippen LogP contribution in [-0.4, -0.2) is 22.3 Å². The molecule has 0 amide bonds. The van der Waals surface area contributed by atoms with Crippen molar-refractivity contribution < 1.29 is 19.7 Å². The molecule has 1 aromatic rings. The van der Waals surface area contributed by atoms with E-state index in [0.717, 1.165) is 56.9 Å². The molecule has 4 heteroatoms. The summed E-state index contributed by atoms with van der Waals surface area (Å²) in [5.74, 6) is 0.436. The Morgan fingerprint density at radius 2 is 1.74 bits per heavy atom. The molecule has 0 atom stereocenters. The molecule has 27 heavy (non-hydrogen) atoms. The third-order valence-electron chi connectivity index (χ3n) is 5.63. The van der Waals surface area contributed by atoms with Gasteiger partial charge in [-0.15, -0.1) is 0 Å². The third-order valence-corrected chi connectivity index (χ3v) is 5.63. The minimum Gasteiger partial charge on any atom is -0.508 e. The normalized spacial score (nSPS) is 15.5. The first-order valence-corrected chi connectivity index (χ1v) is 10.4. The molecule has 2 N–H and O–H groups in total.